The molecular weight excluding hydrogens is 376 g/mol. The third-order valence-electron chi connectivity index (χ3n) is 5.59. The fourth-order valence-electron chi connectivity index (χ4n) is 4.08. The Morgan fingerprint density at radius 2 is 2.04 bits per heavy atom. The molecule has 0 radical (unpaired) electrons. The van der Waals surface area contributed by atoms with Gasteiger partial charge in [0.05, 0.1) is 27.2 Å². The van der Waals surface area contributed by atoms with Gasteiger partial charge in [-0.15, -0.1) is 11.3 Å². The number of nitrogens with one attached hydrogen (secondary N) is 1. The summed E-state index contributed by atoms with van der Waals surface area (Å²) in [6.45, 7) is 1.01. The third-order valence-corrected chi connectivity index (χ3v) is 6.76. The maximum absolute atomic E-state index is 12.7. The quantitative estimate of drug-likeness (QED) is 0.749. The van der Waals surface area contributed by atoms with Crippen molar-refractivity contribution < 1.29 is 19.1 Å². The first kappa shape index (κ1) is 19.3. The van der Waals surface area contributed by atoms with Crippen molar-refractivity contribution in [3.05, 3.63) is 29.3 Å². The van der Waals surface area contributed by atoms with E-state index in [1.807, 2.05) is 18.2 Å². The van der Waals surface area contributed by atoms with Gasteiger partial charge in [-0.2, -0.15) is 0 Å². The van der Waals surface area contributed by atoms with E-state index in [0.717, 1.165) is 60.4 Å². The van der Waals surface area contributed by atoms with E-state index in [2.05, 4.69) is 11.4 Å². The van der Waals surface area contributed by atoms with Crippen molar-refractivity contribution in [2.24, 2.45) is 5.92 Å². The lowest BCUT2D eigenvalue weighted by atomic mass is 9.79. The summed E-state index contributed by atoms with van der Waals surface area (Å²) in [5.41, 5.74) is 0.980. The van der Waals surface area contributed by atoms with E-state index < -0.39 is 0 Å². The minimum Gasteiger partial charge on any atom is -0.455 e. The molecule has 1 amide bonds. The van der Waals surface area contributed by atoms with Crippen LogP contribution < -0.4 is 5.32 Å². The summed E-state index contributed by atoms with van der Waals surface area (Å²) in [5, 5.41) is 3.80. The van der Waals surface area contributed by atoms with E-state index in [0.29, 0.717) is 6.54 Å². The first-order valence-electron chi connectivity index (χ1n) is 10.1. The number of thiazole rings is 1. The topological polar surface area (TPSA) is 77.5 Å². The molecule has 1 saturated heterocycles. The van der Waals surface area contributed by atoms with Crippen LogP contribution in [0.1, 0.15) is 49.5 Å². The second-order valence-corrected chi connectivity index (χ2v) is 8.63. The summed E-state index contributed by atoms with van der Waals surface area (Å²) in [6, 6.07) is 8.05. The number of carbonyl (C=O) groups excluding carboxylic acids is 2. The van der Waals surface area contributed by atoms with Crippen LogP contribution in [-0.2, 0) is 19.1 Å². The number of carbonyl (C=O) groups is 2. The molecule has 0 bridgehead atoms. The van der Waals surface area contributed by atoms with Crippen LogP contribution in [0.15, 0.2) is 24.3 Å². The fraction of sp³-hybridized carbons (Fsp3) is 0.571. The maximum Gasteiger partial charge on any atom is 0.310 e. The highest BCUT2D eigenvalue weighted by molar-refractivity contribution is 7.18. The normalized spacial score (nSPS) is 24.9. The number of fused-ring (bicyclic) bond motifs is 1. The second-order valence-electron chi connectivity index (χ2n) is 7.56. The predicted molar refractivity (Wildman–Crippen MR) is 107 cm³/mol. The van der Waals surface area contributed by atoms with Crippen molar-refractivity contribution in [2.75, 3.05) is 19.8 Å². The van der Waals surface area contributed by atoms with Gasteiger partial charge in [-0.25, -0.2) is 4.98 Å². The minimum atomic E-state index is -0.281. The highest BCUT2D eigenvalue weighted by atomic mass is 32.1. The molecule has 0 spiro atoms. The van der Waals surface area contributed by atoms with Gasteiger partial charge in [0.1, 0.15) is 0 Å². The molecule has 1 aliphatic heterocycles. The molecule has 1 saturated carbocycles. The maximum atomic E-state index is 12.7. The summed E-state index contributed by atoms with van der Waals surface area (Å²) >= 11 is 1.66. The monoisotopic (exact) mass is 402 g/mol. The smallest absolute Gasteiger partial charge is 0.310 e. The Morgan fingerprint density at radius 1 is 1.18 bits per heavy atom. The Balaban J connectivity index is 1.34. The lowest BCUT2D eigenvalue weighted by Gasteiger charge is -2.28. The molecule has 3 atom stereocenters. The third kappa shape index (κ3) is 4.52. The van der Waals surface area contributed by atoms with E-state index >= 15 is 0 Å². The van der Waals surface area contributed by atoms with Gasteiger partial charge in [-0.1, -0.05) is 25.0 Å². The SMILES string of the molecule is O=C(COC(=O)C1CCCCC1c1nc2ccccc2s1)NCC1CCCO1. The average Bonchev–Trinajstić information content (AvgIpc) is 3.40. The minimum absolute atomic E-state index is 0.0774. The summed E-state index contributed by atoms with van der Waals surface area (Å²) in [5.74, 6) is -0.693. The van der Waals surface area contributed by atoms with E-state index in [4.69, 9.17) is 14.5 Å². The molecule has 1 aromatic carbocycles. The van der Waals surface area contributed by atoms with Crippen LogP contribution in [0.3, 0.4) is 0 Å². The molecule has 1 N–H and O–H groups in total. The zero-order valence-corrected chi connectivity index (χ0v) is 16.7. The molecular formula is C21H26N2O4S. The number of ether oxygens (including phenoxy) is 2. The first-order valence-corrected chi connectivity index (χ1v) is 10.9. The molecule has 2 heterocycles. The average molecular weight is 403 g/mol. The van der Waals surface area contributed by atoms with Crippen molar-refractivity contribution in [1.82, 2.24) is 10.3 Å². The van der Waals surface area contributed by atoms with Gasteiger partial charge in [0.2, 0.25) is 0 Å². The predicted octanol–water partition coefficient (Wildman–Crippen LogP) is 3.41. The molecule has 7 heteroatoms. The summed E-state index contributed by atoms with van der Waals surface area (Å²) in [6.07, 6.45) is 5.90. The number of hydrogen-bond acceptors (Lipinski definition) is 6. The second kappa shape index (κ2) is 9.01. The fourth-order valence-corrected chi connectivity index (χ4v) is 5.25. The van der Waals surface area contributed by atoms with Gasteiger partial charge in [0, 0.05) is 19.1 Å². The number of para-hydroxylation sites is 1. The van der Waals surface area contributed by atoms with Crippen LogP contribution in [0.25, 0.3) is 10.2 Å². The lowest BCUT2D eigenvalue weighted by molar-refractivity contribution is -0.154. The Kier molecular flexibility index (Phi) is 6.22. The highest BCUT2D eigenvalue weighted by Crippen LogP contribution is 2.41. The molecule has 2 fully saturated rings. The number of esters is 1. The van der Waals surface area contributed by atoms with Gasteiger partial charge < -0.3 is 14.8 Å². The van der Waals surface area contributed by atoms with Crippen LogP contribution >= 0.6 is 11.3 Å². The van der Waals surface area contributed by atoms with Gasteiger partial charge >= 0.3 is 5.97 Å². The van der Waals surface area contributed by atoms with Crippen LogP contribution in [0.5, 0.6) is 0 Å². The molecule has 1 aromatic heterocycles. The lowest BCUT2D eigenvalue weighted by Crippen LogP contribution is -2.36. The molecule has 6 nitrogen and oxygen atoms in total. The van der Waals surface area contributed by atoms with Crippen LogP contribution in [0.2, 0.25) is 0 Å². The van der Waals surface area contributed by atoms with Crippen molar-refractivity contribution in [3.8, 4) is 0 Å². The van der Waals surface area contributed by atoms with Gasteiger partial charge in [-0.05, 0) is 37.8 Å². The Bertz CT molecular complexity index is 798. The zero-order valence-electron chi connectivity index (χ0n) is 15.9. The molecule has 2 aliphatic rings. The standard InChI is InChI=1S/C21H26N2O4S/c24-19(22-12-14-6-5-11-26-14)13-27-21(25)16-8-2-1-7-15(16)20-23-17-9-3-4-10-18(17)28-20/h3-4,9-10,14-16H,1-2,5-8,11-13H2,(H,22,24). The highest BCUT2D eigenvalue weighted by Gasteiger charge is 2.35. The number of amides is 1. The van der Waals surface area contributed by atoms with E-state index in [1.165, 1.54) is 0 Å². The Morgan fingerprint density at radius 3 is 2.86 bits per heavy atom. The number of benzene rings is 1. The van der Waals surface area contributed by atoms with Crippen molar-refractivity contribution in [1.29, 1.82) is 0 Å². The van der Waals surface area contributed by atoms with Crippen molar-refractivity contribution in [2.45, 2.75) is 50.5 Å². The largest absolute Gasteiger partial charge is 0.455 e. The molecule has 3 unspecified atom stereocenters. The van der Waals surface area contributed by atoms with Crippen LogP contribution in [0, 0.1) is 5.92 Å². The van der Waals surface area contributed by atoms with E-state index in [1.54, 1.807) is 11.3 Å². The van der Waals surface area contributed by atoms with Crippen molar-refractivity contribution >= 4 is 33.4 Å². The number of rotatable bonds is 6. The van der Waals surface area contributed by atoms with E-state index in [-0.39, 0.29) is 36.4 Å². The summed E-state index contributed by atoms with van der Waals surface area (Å²) in [7, 11) is 0. The van der Waals surface area contributed by atoms with Crippen LogP contribution in [0.4, 0.5) is 0 Å². The zero-order chi connectivity index (χ0) is 19.3. The number of hydrogen-bond donors (Lipinski definition) is 1. The van der Waals surface area contributed by atoms with Gasteiger partial charge in [0.25, 0.3) is 5.91 Å². The number of nitrogens with zero attached hydrogens (tertiary/aromatic N) is 1. The molecule has 28 heavy (non-hydrogen) atoms. The first-order chi connectivity index (χ1) is 13.7. The van der Waals surface area contributed by atoms with Gasteiger partial charge in [0.15, 0.2) is 6.61 Å². The molecule has 1 aliphatic carbocycles. The molecule has 2 aromatic rings. The summed E-state index contributed by atoms with van der Waals surface area (Å²) in [4.78, 5) is 29.5. The van der Waals surface area contributed by atoms with Gasteiger partial charge in [-0.3, -0.25) is 9.59 Å². The molecule has 4 rings (SSSR count). The number of aromatic nitrogens is 1. The molecule has 150 valence electrons. The Labute approximate surface area is 168 Å². The van der Waals surface area contributed by atoms with Crippen molar-refractivity contribution in [3.63, 3.8) is 0 Å². The van der Waals surface area contributed by atoms with Crippen LogP contribution in [-0.4, -0.2) is 42.7 Å². The summed E-state index contributed by atoms with van der Waals surface area (Å²) < 4.78 is 12.0. The van der Waals surface area contributed by atoms with E-state index in [9.17, 15) is 9.59 Å². The Hall–Kier alpha value is -1.99.